The van der Waals surface area contributed by atoms with Gasteiger partial charge < -0.3 is 0 Å². The molecule has 0 atom stereocenters. The Kier molecular flexibility index (Phi) is 2.64. The molecule has 0 radical (unpaired) electrons. The fourth-order valence-electron chi connectivity index (χ4n) is 1.75. The lowest BCUT2D eigenvalue weighted by molar-refractivity contribution is 0.112. The van der Waals surface area contributed by atoms with Gasteiger partial charge in [-0.25, -0.2) is 0 Å². The van der Waals surface area contributed by atoms with Crippen LogP contribution in [-0.2, 0) is 6.54 Å². The number of aldehydes is 1. The number of nitrogens with one attached hydrogen (secondary N) is 1. The Morgan fingerprint density at radius 1 is 1.44 bits per heavy atom. The normalized spacial score (nSPS) is 11.2. The van der Waals surface area contributed by atoms with E-state index in [9.17, 15) is 9.59 Å². The van der Waals surface area contributed by atoms with Crippen LogP contribution in [0.1, 0.15) is 24.2 Å². The number of H-pyrrole nitrogens is 1. The van der Waals surface area contributed by atoms with E-state index in [2.05, 4.69) is 18.9 Å². The lowest BCUT2D eigenvalue weighted by Crippen LogP contribution is -2.19. The Bertz CT molecular complexity index is 578. The predicted octanol–water partition coefficient (Wildman–Crippen LogP) is 1.80. The van der Waals surface area contributed by atoms with Crippen molar-refractivity contribution in [2.45, 2.75) is 20.4 Å². The van der Waals surface area contributed by atoms with Crippen LogP contribution < -0.4 is 5.56 Å². The molecule has 16 heavy (non-hydrogen) atoms. The molecule has 2 aromatic rings. The third-order valence-corrected chi connectivity index (χ3v) is 2.46. The SMILES string of the molecule is CC(C)Cn1[nH]c2cc(C=O)ccc2c1=O. The van der Waals surface area contributed by atoms with Gasteiger partial charge in [0.05, 0.1) is 10.9 Å². The summed E-state index contributed by atoms with van der Waals surface area (Å²) in [5, 5.41) is 3.65. The molecular weight excluding hydrogens is 204 g/mol. The molecule has 0 saturated heterocycles. The largest absolute Gasteiger partial charge is 0.298 e. The molecule has 0 aliphatic rings. The van der Waals surface area contributed by atoms with Gasteiger partial charge in [0.1, 0.15) is 6.29 Å². The number of aromatic nitrogens is 2. The summed E-state index contributed by atoms with van der Waals surface area (Å²) in [5.41, 5.74) is 1.27. The first-order valence-corrected chi connectivity index (χ1v) is 5.29. The van der Waals surface area contributed by atoms with Crippen LogP contribution in [0.5, 0.6) is 0 Å². The second kappa shape index (κ2) is 3.96. The zero-order valence-electron chi connectivity index (χ0n) is 9.36. The molecule has 0 bridgehead atoms. The lowest BCUT2D eigenvalue weighted by Gasteiger charge is -2.03. The summed E-state index contributed by atoms with van der Waals surface area (Å²) in [6.45, 7) is 4.76. The highest BCUT2D eigenvalue weighted by Crippen LogP contribution is 2.10. The molecule has 0 aliphatic carbocycles. The summed E-state index contributed by atoms with van der Waals surface area (Å²) >= 11 is 0. The van der Waals surface area contributed by atoms with Crippen molar-refractivity contribution in [1.82, 2.24) is 9.78 Å². The number of hydrogen-bond donors (Lipinski definition) is 1. The number of carbonyl (C=O) groups is 1. The number of rotatable bonds is 3. The molecule has 84 valence electrons. The number of carbonyl (C=O) groups excluding carboxylic acids is 1. The van der Waals surface area contributed by atoms with Gasteiger partial charge in [-0.15, -0.1) is 0 Å². The zero-order chi connectivity index (χ0) is 11.7. The third kappa shape index (κ3) is 1.78. The molecular formula is C12H14N2O2. The van der Waals surface area contributed by atoms with Crippen molar-refractivity contribution in [2.75, 3.05) is 0 Å². The molecule has 0 spiro atoms. The van der Waals surface area contributed by atoms with Crippen molar-refractivity contribution in [3.63, 3.8) is 0 Å². The van der Waals surface area contributed by atoms with E-state index in [1.807, 2.05) is 0 Å². The van der Waals surface area contributed by atoms with Crippen molar-refractivity contribution in [2.24, 2.45) is 5.92 Å². The maximum Gasteiger partial charge on any atom is 0.274 e. The molecule has 1 aromatic carbocycles. The van der Waals surface area contributed by atoms with Crippen LogP contribution in [0.3, 0.4) is 0 Å². The minimum atomic E-state index is -0.0267. The van der Waals surface area contributed by atoms with Crippen LogP contribution in [0.4, 0.5) is 0 Å². The first kappa shape index (κ1) is 10.7. The number of nitrogens with zero attached hydrogens (tertiary/aromatic N) is 1. The van der Waals surface area contributed by atoms with Crippen molar-refractivity contribution in [3.05, 3.63) is 34.1 Å². The highest BCUT2D eigenvalue weighted by Gasteiger charge is 2.07. The van der Waals surface area contributed by atoms with Gasteiger partial charge in [-0.1, -0.05) is 19.9 Å². The quantitative estimate of drug-likeness (QED) is 0.798. The van der Waals surface area contributed by atoms with Gasteiger partial charge in [0, 0.05) is 12.1 Å². The molecule has 2 rings (SSSR count). The van der Waals surface area contributed by atoms with Gasteiger partial charge in [-0.3, -0.25) is 19.4 Å². The maximum atomic E-state index is 11.9. The number of fused-ring (bicyclic) bond motifs is 1. The molecule has 1 aromatic heterocycles. The van der Waals surface area contributed by atoms with Crippen LogP contribution >= 0.6 is 0 Å². The smallest absolute Gasteiger partial charge is 0.274 e. The minimum absolute atomic E-state index is 0.0267. The molecule has 0 aliphatic heterocycles. The monoisotopic (exact) mass is 218 g/mol. The van der Waals surface area contributed by atoms with Gasteiger partial charge in [0.25, 0.3) is 5.56 Å². The molecule has 0 amide bonds. The Balaban J connectivity index is 2.58. The second-order valence-electron chi connectivity index (χ2n) is 4.34. The van der Waals surface area contributed by atoms with E-state index in [4.69, 9.17) is 0 Å². The summed E-state index contributed by atoms with van der Waals surface area (Å²) in [7, 11) is 0. The summed E-state index contributed by atoms with van der Waals surface area (Å²) in [4.78, 5) is 22.5. The van der Waals surface area contributed by atoms with E-state index >= 15 is 0 Å². The Hall–Kier alpha value is -1.84. The topological polar surface area (TPSA) is 54.9 Å². The van der Waals surface area contributed by atoms with Gasteiger partial charge in [-0.05, 0) is 18.1 Å². The fourth-order valence-corrected chi connectivity index (χ4v) is 1.75. The van der Waals surface area contributed by atoms with Crippen molar-refractivity contribution >= 4 is 17.2 Å². The van der Waals surface area contributed by atoms with E-state index in [1.54, 1.807) is 22.9 Å². The van der Waals surface area contributed by atoms with Crippen molar-refractivity contribution < 1.29 is 4.79 Å². The van der Waals surface area contributed by atoms with E-state index in [0.717, 1.165) is 11.8 Å². The summed E-state index contributed by atoms with van der Waals surface area (Å²) in [5.74, 6) is 0.399. The van der Waals surface area contributed by atoms with Gasteiger partial charge in [0.2, 0.25) is 0 Å². The Morgan fingerprint density at radius 3 is 2.81 bits per heavy atom. The van der Waals surface area contributed by atoms with Crippen LogP contribution in [0.2, 0.25) is 0 Å². The standard InChI is InChI=1S/C12H14N2O2/c1-8(2)6-14-12(16)10-4-3-9(7-15)5-11(10)13-14/h3-5,7-8,13H,6H2,1-2H3. The molecule has 0 saturated carbocycles. The van der Waals surface area contributed by atoms with Crippen LogP contribution in [0.15, 0.2) is 23.0 Å². The van der Waals surface area contributed by atoms with Crippen LogP contribution in [0, 0.1) is 5.92 Å². The van der Waals surface area contributed by atoms with Crippen LogP contribution in [-0.4, -0.2) is 16.1 Å². The Morgan fingerprint density at radius 2 is 2.19 bits per heavy atom. The average molecular weight is 218 g/mol. The molecule has 4 heteroatoms. The highest BCUT2D eigenvalue weighted by atomic mass is 16.1. The number of hydrogen-bond acceptors (Lipinski definition) is 2. The number of aromatic amines is 1. The summed E-state index contributed by atoms with van der Waals surface area (Å²) in [6.07, 6.45) is 0.775. The average Bonchev–Trinajstić information content (AvgIpc) is 2.54. The second-order valence-corrected chi connectivity index (χ2v) is 4.34. The van der Waals surface area contributed by atoms with Gasteiger partial charge in [-0.2, -0.15) is 0 Å². The van der Waals surface area contributed by atoms with Gasteiger partial charge >= 0.3 is 0 Å². The van der Waals surface area contributed by atoms with E-state index in [1.165, 1.54) is 0 Å². The van der Waals surface area contributed by atoms with Crippen LogP contribution in [0.25, 0.3) is 10.9 Å². The zero-order valence-corrected chi connectivity index (χ0v) is 9.36. The Labute approximate surface area is 92.9 Å². The highest BCUT2D eigenvalue weighted by molar-refractivity contribution is 5.86. The molecule has 0 fully saturated rings. The van der Waals surface area contributed by atoms with Crippen molar-refractivity contribution in [1.29, 1.82) is 0 Å². The molecule has 1 heterocycles. The van der Waals surface area contributed by atoms with E-state index in [-0.39, 0.29) is 5.56 Å². The fraction of sp³-hybridized carbons (Fsp3) is 0.333. The third-order valence-electron chi connectivity index (χ3n) is 2.46. The number of benzene rings is 1. The molecule has 1 N–H and O–H groups in total. The first-order valence-electron chi connectivity index (χ1n) is 5.29. The lowest BCUT2D eigenvalue weighted by atomic mass is 10.2. The van der Waals surface area contributed by atoms with Gasteiger partial charge in [0.15, 0.2) is 0 Å². The minimum Gasteiger partial charge on any atom is -0.298 e. The maximum absolute atomic E-state index is 11.9. The predicted molar refractivity (Wildman–Crippen MR) is 62.8 cm³/mol. The first-order chi connectivity index (χ1) is 7.61. The molecule has 4 nitrogen and oxygen atoms in total. The summed E-state index contributed by atoms with van der Waals surface area (Å²) in [6, 6.07) is 5.04. The molecule has 0 unspecified atom stereocenters. The van der Waals surface area contributed by atoms with Crippen molar-refractivity contribution in [3.8, 4) is 0 Å². The summed E-state index contributed by atoms with van der Waals surface area (Å²) < 4.78 is 1.59. The van der Waals surface area contributed by atoms with E-state index in [0.29, 0.717) is 23.4 Å². The van der Waals surface area contributed by atoms with E-state index < -0.39 is 0 Å².